The number of benzene rings is 1. The van der Waals surface area contributed by atoms with Gasteiger partial charge in [-0.15, -0.1) is 0 Å². The molecular formula is C9H9ClN2O. The molecule has 0 unspecified atom stereocenters. The van der Waals surface area contributed by atoms with Crippen LogP contribution in [0.5, 0.6) is 0 Å². The molecule has 1 aromatic carbocycles. The van der Waals surface area contributed by atoms with Crippen molar-refractivity contribution in [2.75, 3.05) is 11.5 Å². The molecule has 0 atom stereocenters. The van der Waals surface area contributed by atoms with Crippen LogP contribution in [-0.2, 0) is 6.42 Å². The highest BCUT2D eigenvalue weighted by Gasteiger charge is 2.25. The van der Waals surface area contributed by atoms with Gasteiger partial charge in [0, 0.05) is 17.0 Å². The van der Waals surface area contributed by atoms with Crippen LogP contribution < -0.4 is 11.5 Å². The third-order valence-corrected chi connectivity index (χ3v) is 2.67. The van der Waals surface area contributed by atoms with Crippen molar-refractivity contribution in [1.29, 1.82) is 0 Å². The molecule has 0 heterocycles. The molecule has 0 bridgehead atoms. The summed E-state index contributed by atoms with van der Waals surface area (Å²) in [6.45, 7) is 0. The van der Waals surface area contributed by atoms with Crippen LogP contribution in [0, 0.1) is 0 Å². The Morgan fingerprint density at radius 1 is 1.31 bits per heavy atom. The van der Waals surface area contributed by atoms with E-state index in [1.807, 2.05) is 0 Å². The smallest absolute Gasteiger partial charge is 0.165 e. The minimum Gasteiger partial charge on any atom is -0.397 e. The van der Waals surface area contributed by atoms with Gasteiger partial charge in [-0.05, 0) is 18.1 Å². The van der Waals surface area contributed by atoms with Crippen molar-refractivity contribution in [2.24, 2.45) is 0 Å². The van der Waals surface area contributed by atoms with Gasteiger partial charge in [-0.3, -0.25) is 4.79 Å². The highest BCUT2D eigenvalue weighted by molar-refractivity contribution is 6.33. The lowest BCUT2D eigenvalue weighted by atomic mass is 10.1. The summed E-state index contributed by atoms with van der Waals surface area (Å²) < 4.78 is 0. The molecule has 0 saturated heterocycles. The third-order valence-electron chi connectivity index (χ3n) is 2.33. The maximum absolute atomic E-state index is 11.4. The van der Waals surface area contributed by atoms with Crippen LogP contribution in [0.1, 0.15) is 22.3 Å². The number of ketones is 1. The number of fused-ring (bicyclic) bond motifs is 1. The summed E-state index contributed by atoms with van der Waals surface area (Å²) in [4.78, 5) is 11.4. The number of anilines is 2. The Morgan fingerprint density at radius 3 is 2.69 bits per heavy atom. The van der Waals surface area contributed by atoms with E-state index in [0.717, 1.165) is 5.56 Å². The normalized spacial score (nSPS) is 14.7. The van der Waals surface area contributed by atoms with Gasteiger partial charge in [0.2, 0.25) is 0 Å². The Bertz CT molecular complexity index is 401. The second kappa shape index (κ2) is 2.64. The van der Waals surface area contributed by atoms with Crippen molar-refractivity contribution in [3.05, 3.63) is 22.2 Å². The monoisotopic (exact) mass is 196 g/mol. The first kappa shape index (κ1) is 8.38. The van der Waals surface area contributed by atoms with Gasteiger partial charge in [-0.2, -0.15) is 0 Å². The summed E-state index contributed by atoms with van der Waals surface area (Å²) >= 11 is 5.92. The second-order valence-electron chi connectivity index (χ2n) is 3.14. The molecule has 13 heavy (non-hydrogen) atoms. The summed E-state index contributed by atoms with van der Waals surface area (Å²) in [5.74, 6) is 0.0432. The lowest BCUT2D eigenvalue weighted by molar-refractivity contribution is 0.0995. The van der Waals surface area contributed by atoms with E-state index in [1.165, 1.54) is 0 Å². The molecule has 2 rings (SSSR count). The Kier molecular flexibility index (Phi) is 1.70. The number of halogens is 1. The number of nitrogens with two attached hydrogens (primary N) is 2. The molecule has 1 aliphatic rings. The van der Waals surface area contributed by atoms with Gasteiger partial charge in [0.1, 0.15) is 0 Å². The zero-order valence-electron chi connectivity index (χ0n) is 6.93. The number of nitrogen functional groups attached to an aromatic ring is 2. The highest BCUT2D eigenvalue weighted by Crippen LogP contribution is 2.36. The molecule has 0 amide bonds. The molecular weight excluding hydrogens is 188 g/mol. The zero-order valence-corrected chi connectivity index (χ0v) is 7.69. The topological polar surface area (TPSA) is 69.1 Å². The predicted molar refractivity (Wildman–Crippen MR) is 52.9 cm³/mol. The average molecular weight is 197 g/mol. The lowest BCUT2D eigenvalue weighted by Crippen LogP contribution is -2.03. The molecule has 3 nitrogen and oxygen atoms in total. The number of carbonyl (C=O) groups is 1. The molecule has 0 aromatic heterocycles. The molecule has 1 aliphatic carbocycles. The van der Waals surface area contributed by atoms with E-state index in [2.05, 4.69) is 0 Å². The molecule has 0 fully saturated rings. The van der Waals surface area contributed by atoms with Crippen LogP contribution in [0.2, 0.25) is 5.02 Å². The van der Waals surface area contributed by atoms with Crippen molar-refractivity contribution in [2.45, 2.75) is 12.8 Å². The maximum atomic E-state index is 11.4. The van der Waals surface area contributed by atoms with E-state index in [-0.39, 0.29) is 5.78 Å². The van der Waals surface area contributed by atoms with Crippen molar-refractivity contribution in [3.63, 3.8) is 0 Å². The first-order valence-electron chi connectivity index (χ1n) is 4.00. The van der Waals surface area contributed by atoms with Crippen molar-refractivity contribution < 1.29 is 4.79 Å². The fourth-order valence-electron chi connectivity index (χ4n) is 1.65. The molecule has 0 radical (unpaired) electrons. The zero-order chi connectivity index (χ0) is 9.59. The van der Waals surface area contributed by atoms with Crippen LogP contribution in [-0.4, -0.2) is 5.78 Å². The fraction of sp³-hybridized carbons (Fsp3) is 0.222. The van der Waals surface area contributed by atoms with Gasteiger partial charge >= 0.3 is 0 Å². The summed E-state index contributed by atoms with van der Waals surface area (Å²) in [6, 6.07) is 1.61. The number of carbonyl (C=O) groups excluding carboxylic acids is 1. The maximum Gasteiger partial charge on any atom is 0.165 e. The van der Waals surface area contributed by atoms with E-state index in [0.29, 0.717) is 34.8 Å². The van der Waals surface area contributed by atoms with Crippen LogP contribution in [0.15, 0.2) is 6.07 Å². The Hall–Kier alpha value is -1.22. The molecule has 1 aromatic rings. The van der Waals surface area contributed by atoms with E-state index in [1.54, 1.807) is 6.07 Å². The lowest BCUT2D eigenvalue weighted by Gasteiger charge is -2.07. The minimum atomic E-state index is 0.0432. The first-order valence-corrected chi connectivity index (χ1v) is 4.38. The van der Waals surface area contributed by atoms with Crippen LogP contribution >= 0.6 is 11.6 Å². The number of rotatable bonds is 0. The van der Waals surface area contributed by atoms with E-state index < -0.39 is 0 Å². The summed E-state index contributed by atoms with van der Waals surface area (Å²) in [5, 5.41) is 0.549. The van der Waals surface area contributed by atoms with E-state index in [9.17, 15) is 4.79 Å². The van der Waals surface area contributed by atoms with Crippen LogP contribution in [0.4, 0.5) is 11.4 Å². The standard InChI is InChI=1S/C9H9ClN2O/c10-5-3-6(11)9(12)8-4(5)1-2-7(8)13/h3H,1-2,11-12H2. The third kappa shape index (κ3) is 1.08. The van der Waals surface area contributed by atoms with Crippen molar-refractivity contribution in [3.8, 4) is 0 Å². The van der Waals surface area contributed by atoms with Gasteiger partial charge < -0.3 is 11.5 Å². The summed E-state index contributed by atoms with van der Waals surface area (Å²) in [5.41, 5.74) is 13.4. The highest BCUT2D eigenvalue weighted by atomic mass is 35.5. The molecule has 0 spiro atoms. The quantitative estimate of drug-likeness (QED) is 0.620. The van der Waals surface area contributed by atoms with Crippen LogP contribution in [0.3, 0.4) is 0 Å². The number of hydrogen-bond donors (Lipinski definition) is 2. The van der Waals surface area contributed by atoms with Gasteiger partial charge in [-0.1, -0.05) is 11.6 Å². The summed E-state index contributed by atoms with van der Waals surface area (Å²) in [7, 11) is 0. The van der Waals surface area contributed by atoms with Gasteiger partial charge in [0.05, 0.1) is 11.4 Å². The van der Waals surface area contributed by atoms with Gasteiger partial charge in [-0.25, -0.2) is 0 Å². The predicted octanol–water partition coefficient (Wildman–Crippen LogP) is 1.63. The first-order chi connectivity index (χ1) is 6.11. The molecule has 68 valence electrons. The minimum absolute atomic E-state index is 0.0432. The number of Topliss-reactive ketones (excluding diaryl/α,β-unsaturated/α-hetero) is 1. The van der Waals surface area contributed by atoms with E-state index in [4.69, 9.17) is 23.1 Å². The largest absolute Gasteiger partial charge is 0.397 e. The molecule has 4 heteroatoms. The second-order valence-corrected chi connectivity index (χ2v) is 3.55. The molecule has 0 aliphatic heterocycles. The molecule has 0 saturated carbocycles. The van der Waals surface area contributed by atoms with Gasteiger partial charge in [0.15, 0.2) is 5.78 Å². The Balaban J connectivity index is 2.77. The van der Waals surface area contributed by atoms with Crippen LogP contribution in [0.25, 0.3) is 0 Å². The summed E-state index contributed by atoms with van der Waals surface area (Å²) in [6.07, 6.45) is 1.17. The average Bonchev–Trinajstić information content (AvgIpc) is 2.44. The van der Waals surface area contributed by atoms with Crippen molar-refractivity contribution in [1.82, 2.24) is 0 Å². The number of hydrogen-bond acceptors (Lipinski definition) is 3. The Labute approximate surface area is 80.7 Å². The van der Waals surface area contributed by atoms with E-state index >= 15 is 0 Å². The van der Waals surface area contributed by atoms with Crippen molar-refractivity contribution >= 4 is 28.8 Å². The SMILES string of the molecule is Nc1cc(Cl)c2c(c1N)C(=O)CC2. The Morgan fingerprint density at radius 2 is 2.00 bits per heavy atom. The molecule has 4 N–H and O–H groups in total. The fourth-order valence-corrected chi connectivity index (χ4v) is 1.96. The van der Waals surface area contributed by atoms with Gasteiger partial charge in [0.25, 0.3) is 0 Å².